The number of benzene rings is 2. The normalized spacial score (nSPS) is 12.9. The van der Waals surface area contributed by atoms with Crippen LogP contribution in [-0.2, 0) is 42.9 Å². The second kappa shape index (κ2) is 30.9. The molecule has 3 heterocycles. The molecule has 0 aliphatic carbocycles. The van der Waals surface area contributed by atoms with E-state index < -0.39 is 38.2 Å². The molecule has 5 rings (SSSR count). The van der Waals surface area contributed by atoms with Gasteiger partial charge in [-0.25, -0.2) is 18.9 Å². The lowest BCUT2D eigenvalue weighted by Crippen LogP contribution is -2.31. The first-order valence-corrected chi connectivity index (χ1v) is 27.5. The van der Waals surface area contributed by atoms with Crippen LogP contribution in [0.2, 0.25) is 10.2 Å². The van der Waals surface area contributed by atoms with Crippen molar-refractivity contribution in [3.63, 3.8) is 0 Å². The van der Waals surface area contributed by atoms with Crippen LogP contribution in [0.15, 0.2) is 63.2 Å². The molecule has 24 heteroatoms. The molecule has 1 aliphatic rings. The molecular weight excluding hydrogens is 974 g/mol. The first-order chi connectivity index (χ1) is 30.3. The molecule has 64 heavy (non-hydrogen) atoms. The molecule has 0 saturated carbocycles. The van der Waals surface area contributed by atoms with Crippen LogP contribution in [-0.4, -0.2) is 97.0 Å². The van der Waals surface area contributed by atoms with Gasteiger partial charge < -0.3 is 28.9 Å². The minimum absolute atomic E-state index is 0.0605. The second-order valence-corrected chi connectivity index (χ2v) is 21.7. The molecule has 0 saturated heterocycles. The summed E-state index contributed by atoms with van der Waals surface area (Å²) in [5.41, 5.74) is 1.42. The van der Waals surface area contributed by atoms with Crippen molar-refractivity contribution in [1.82, 2.24) is 24.9 Å². The van der Waals surface area contributed by atoms with Crippen LogP contribution in [0.4, 0.5) is 14.9 Å². The van der Waals surface area contributed by atoms with E-state index in [1.54, 1.807) is 9.36 Å². The number of unbranched alkanes of at least 4 members (excludes halogenated alkanes) is 5. The number of nitrogens with zero attached hydrogens (tertiary/aromatic N) is 5. The van der Waals surface area contributed by atoms with Crippen molar-refractivity contribution in [3.05, 3.63) is 79.0 Å². The molecule has 0 spiro atoms. The summed E-state index contributed by atoms with van der Waals surface area (Å²) in [6, 6.07) is 13.6. The summed E-state index contributed by atoms with van der Waals surface area (Å²) in [4.78, 5) is 68.4. The number of aliphatic carboxylic acids is 1. The van der Waals surface area contributed by atoms with Crippen LogP contribution in [0, 0.1) is 5.82 Å². The number of ether oxygens (including phenoxy) is 2. The van der Waals surface area contributed by atoms with Crippen LogP contribution >= 0.6 is 65.7 Å². The van der Waals surface area contributed by atoms with Crippen LogP contribution in [0.3, 0.4) is 0 Å². The summed E-state index contributed by atoms with van der Waals surface area (Å²) in [5.74, 6) is -0.995. The maximum atomic E-state index is 14.3. The first-order valence-electron chi connectivity index (χ1n) is 19.8. The van der Waals surface area contributed by atoms with Gasteiger partial charge in [0.2, 0.25) is 4.80 Å². The first kappa shape index (κ1) is 56.9. The number of fused-ring (bicyclic) bond motifs is 1. The molecule has 354 valence electrons. The van der Waals surface area contributed by atoms with Crippen molar-refractivity contribution in [2.75, 3.05) is 50.2 Å². The van der Waals surface area contributed by atoms with Gasteiger partial charge in [0.25, 0.3) is 0 Å². The van der Waals surface area contributed by atoms with Gasteiger partial charge in [0, 0.05) is 35.4 Å². The molecule has 1 unspecified atom stereocenters. The van der Waals surface area contributed by atoms with Crippen molar-refractivity contribution in [2.45, 2.75) is 76.3 Å². The van der Waals surface area contributed by atoms with Crippen LogP contribution in [0.5, 0.6) is 5.75 Å². The standard InChI is InChI=1S/C19H23ClN2O2S.C15H15ClFN3O3S2.C3H8NO5P.C3H9S/c1-2-3-4-5-6-10-13-25-19(23)24-16-14-17(20)21-22-18(16)15-11-8-7-9-12-15;1-23-13(21)8-24-12-7-11(10(17)6-9(12)16)18-14-19-4-2-3-5-20(19)15(22)25-14;5-3(6)1-4-2-10(7,8)9;1-4(2)3/h7-9,11-12,14H,2-6,10,13H2,1H3;6-7H,2-5,8H2,1H3;4H,1-2H2,(H,5,6)(H2,7,8,9);1-3H3/q;;;+1/p-1/b;18-14-;;. The van der Waals surface area contributed by atoms with E-state index in [2.05, 4.69) is 45.6 Å². The zero-order chi connectivity index (χ0) is 47.7. The third kappa shape index (κ3) is 23.3. The topological polar surface area (TPSA) is 227 Å². The second-order valence-electron chi connectivity index (χ2n) is 13.9. The van der Waals surface area contributed by atoms with Crippen molar-refractivity contribution < 1.29 is 47.7 Å². The Hall–Kier alpha value is -3.24. The van der Waals surface area contributed by atoms with E-state index in [4.69, 9.17) is 37.9 Å². The minimum Gasteiger partial charge on any atom is -0.778 e. The van der Waals surface area contributed by atoms with Gasteiger partial charge in [-0.05, 0) is 65.4 Å². The summed E-state index contributed by atoms with van der Waals surface area (Å²) >= 11 is 15.3. The molecule has 1 atom stereocenters. The third-order valence-corrected chi connectivity index (χ3v) is 11.9. The smallest absolute Gasteiger partial charge is 0.372 e. The van der Waals surface area contributed by atoms with E-state index in [9.17, 15) is 33.0 Å². The number of nitrogens with one attached hydrogen (secondary N) is 1. The predicted molar refractivity (Wildman–Crippen MR) is 255 cm³/mol. The number of carboxylic acid groups (broad SMARTS) is 1. The molecular formula is C40H54Cl2FN6O10PS4. The Morgan fingerprint density at radius 1 is 1.03 bits per heavy atom. The van der Waals surface area contributed by atoms with E-state index in [-0.39, 0.29) is 31.8 Å². The van der Waals surface area contributed by atoms with Gasteiger partial charge in [0.1, 0.15) is 24.8 Å². The quantitative estimate of drug-likeness (QED) is 0.0301. The molecule has 0 amide bonds. The van der Waals surface area contributed by atoms with E-state index in [1.165, 1.54) is 56.7 Å². The highest BCUT2D eigenvalue weighted by Crippen LogP contribution is 2.34. The average molecular weight is 1030 g/mol. The highest BCUT2D eigenvalue weighted by Gasteiger charge is 2.17. The zero-order valence-corrected chi connectivity index (χ0v) is 41.8. The minimum atomic E-state index is -4.35. The van der Waals surface area contributed by atoms with Crippen LogP contribution in [0.25, 0.3) is 11.3 Å². The summed E-state index contributed by atoms with van der Waals surface area (Å²) in [5, 5.41) is 18.0. The molecule has 1 aliphatic heterocycles. The summed E-state index contributed by atoms with van der Waals surface area (Å²) in [7, 11) is -2.41. The Labute approximate surface area is 397 Å². The Kier molecular flexibility index (Phi) is 27.4. The Bertz CT molecular complexity index is 2260. The number of aromatic nitrogens is 4. The van der Waals surface area contributed by atoms with Crippen LogP contribution < -0.4 is 24.6 Å². The number of carboxylic acids is 1. The molecule has 4 aromatic rings. The zero-order valence-electron chi connectivity index (χ0n) is 36.1. The molecule has 0 radical (unpaired) electrons. The highest BCUT2D eigenvalue weighted by atomic mass is 35.5. The van der Waals surface area contributed by atoms with Crippen molar-refractivity contribution in [2.24, 2.45) is 4.99 Å². The van der Waals surface area contributed by atoms with Gasteiger partial charge in [-0.2, -0.15) is 0 Å². The Morgan fingerprint density at radius 2 is 1.67 bits per heavy atom. The van der Waals surface area contributed by atoms with Gasteiger partial charge in [-0.1, -0.05) is 92.6 Å². The molecule has 2 aromatic heterocycles. The van der Waals surface area contributed by atoms with E-state index in [0.29, 0.717) is 45.1 Å². The molecule has 0 fully saturated rings. The third-order valence-electron chi connectivity index (χ3n) is 7.96. The van der Waals surface area contributed by atoms with Crippen LogP contribution in [0.1, 0.15) is 58.3 Å². The summed E-state index contributed by atoms with van der Waals surface area (Å²) < 4.78 is 37.7. The largest absolute Gasteiger partial charge is 0.778 e. The number of halogens is 3. The summed E-state index contributed by atoms with van der Waals surface area (Å²) in [6.45, 7) is 3.05. The molecule has 3 N–H and O–H groups in total. The number of carbonyl (C=O) groups is 3. The number of hydrogen-bond acceptors (Lipinski definition) is 15. The fourth-order valence-corrected chi connectivity index (χ4v) is 8.30. The SMILES string of the molecule is CCCCCCCCSC(=O)Oc1cc(Cl)nnc1-c1ccccc1.COC(=O)CSc1cc(/N=c2\sc(=O)n3n2CCCC3)c(F)cc1Cl.C[S+](C)C.O=C(O)CNCP(=O)([O-])O. The maximum Gasteiger partial charge on any atom is 0.372 e. The number of carbonyl (C=O) groups excluding carboxylic acids is 2. The van der Waals surface area contributed by atoms with Gasteiger partial charge in [-0.3, -0.25) is 24.4 Å². The molecule has 16 nitrogen and oxygen atoms in total. The lowest BCUT2D eigenvalue weighted by atomic mass is 10.1. The number of hydrogen-bond donors (Lipinski definition) is 3. The lowest BCUT2D eigenvalue weighted by molar-refractivity contribution is -0.193. The summed E-state index contributed by atoms with van der Waals surface area (Å²) in [6.07, 6.45) is 15.0. The fourth-order valence-electron chi connectivity index (χ4n) is 5.12. The molecule has 0 bridgehead atoms. The van der Waals surface area contributed by atoms with Gasteiger partial charge in [0.15, 0.2) is 10.9 Å². The Morgan fingerprint density at radius 3 is 2.30 bits per heavy atom. The lowest BCUT2D eigenvalue weighted by Gasteiger charge is -2.15. The van der Waals surface area contributed by atoms with Gasteiger partial charge in [0.05, 0.1) is 49.5 Å². The van der Waals surface area contributed by atoms with Crippen molar-refractivity contribution >= 4 is 99.5 Å². The Balaban J connectivity index is 0.000000341. The van der Waals surface area contributed by atoms with E-state index in [0.717, 1.165) is 66.2 Å². The van der Waals surface area contributed by atoms with Crippen molar-refractivity contribution in [3.8, 4) is 17.0 Å². The fraction of sp³-hybridized carbons (Fsp3) is 0.475. The maximum absolute atomic E-state index is 14.3. The van der Waals surface area contributed by atoms with Gasteiger partial charge in [-0.15, -0.1) is 22.0 Å². The number of thioether (sulfide) groups is 2. The van der Waals surface area contributed by atoms with Crippen molar-refractivity contribution in [1.29, 1.82) is 0 Å². The van der Waals surface area contributed by atoms with E-state index >= 15 is 0 Å². The number of esters is 1. The monoisotopic (exact) mass is 1030 g/mol. The molecule has 2 aromatic carbocycles. The van der Waals surface area contributed by atoms with Gasteiger partial charge >= 0.3 is 22.1 Å². The number of rotatable bonds is 17. The predicted octanol–water partition coefficient (Wildman–Crippen LogP) is 7.84. The highest BCUT2D eigenvalue weighted by molar-refractivity contribution is 8.13. The average Bonchev–Trinajstić information content (AvgIpc) is 3.55. The number of methoxy groups -OCH3 is 1. The van der Waals surface area contributed by atoms with E-state index in [1.807, 2.05) is 35.6 Å².